The second-order valence-electron chi connectivity index (χ2n) is 3.24. The molecule has 0 fully saturated rings. The molecule has 0 saturated heterocycles. The van der Waals surface area contributed by atoms with E-state index in [0.29, 0.717) is 11.5 Å². The Labute approximate surface area is 101 Å². The molecule has 0 radical (unpaired) electrons. The molecule has 4 heteroatoms. The molecule has 2 N–H and O–H groups in total. The Morgan fingerprint density at radius 2 is 1.94 bits per heavy atom. The van der Waals surface area contributed by atoms with E-state index in [0.717, 1.165) is 4.47 Å². The second kappa shape index (κ2) is 4.53. The quantitative estimate of drug-likeness (QED) is 0.846. The topological polar surface area (TPSA) is 35.2 Å². The molecule has 0 aromatic heterocycles. The molecule has 0 aliphatic carbocycles. The first-order valence-corrected chi connectivity index (χ1v) is 5.43. The molecule has 2 aromatic rings. The van der Waals surface area contributed by atoms with Crippen molar-refractivity contribution in [2.75, 3.05) is 5.73 Å². The predicted octanol–water partition coefficient (Wildman–Crippen LogP) is 3.96. The molecule has 0 aliphatic heterocycles. The molecule has 0 heterocycles. The summed E-state index contributed by atoms with van der Waals surface area (Å²) in [5.41, 5.74) is 5.91. The van der Waals surface area contributed by atoms with Gasteiger partial charge in [-0.2, -0.15) is 0 Å². The van der Waals surface area contributed by atoms with E-state index in [-0.39, 0.29) is 11.5 Å². The van der Waals surface area contributed by atoms with E-state index >= 15 is 0 Å². The molecule has 2 rings (SSSR count). The number of hydrogen-bond donors (Lipinski definition) is 1. The van der Waals surface area contributed by atoms with Gasteiger partial charge in [0.2, 0.25) is 0 Å². The summed E-state index contributed by atoms with van der Waals surface area (Å²) >= 11 is 3.33. The number of ether oxygens (including phenoxy) is 1. The molecule has 0 spiro atoms. The van der Waals surface area contributed by atoms with Crippen molar-refractivity contribution in [3.05, 3.63) is 52.8 Å². The van der Waals surface area contributed by atoms with Crippen LogP contribution < -0.4 is 10.5 Å². The van der Waals surface area contributed by atoms with E-state index in [1.807, 2.05) is 18.2 Å². The van der Waals surface area contributed by atoms with E-state index in [9.17, 15) is 4.39 Å². The van der Waals surface area contributed by atoms with Gasteiger partial charge in [0.05, 0.1) is 5.69 Å². The Morgan fingerprint density at radius 1 is 1.12 bits per heavy atom. The van der Waals surface area contributed by atoms with Crippen molar-refractivity contribution in [2.45, 2.75) is 0 Å². The lowest BCUT2D eigenvalue weighted by atomic mass is 10.3. The number of rotatable bonds is 2. The highest BCUT2D eigenvalue weighted by Gasteiger charge is 2.03. The minimum absolute atomic E-state index is 0.278. The number of halogens is 2. The lowest BCUT2D eigenvalue weighted by molar-refractivity contribution is 0.483. The van der Waals surface area contributed by atoms with Crippen molar-refractivity contribution in [3.8, 4) is 11.5 Å². The highest BCUT2D eigenvalue weighted by molar-refractivity contribution is 9.10. The number of benzene rings is 2. The van der Waals surface area contributed by atoms with Gasteiger partial charge in [-0.15, -0.1) is 0 Å². The van der Waals surface area contributed by atoms with Gasteiger partial charge in [0.1, 0.15) is 11.6 Å². The fourth-order valence-corrected chi connectivity index (χ4v) is 1.65. The minimum Gasteiger partial charge on any atom is -0.455 e. The van der Waals surface area contributed by atoms with Gasteiger partial charge in [0.25, 0.3) is 0 Å². The van der Waals surface area contributed by atoms with Gasteiger partial charge < -0.3 is 10.5 Å². The Morgan fingerprint density at radius 3 is 2.62 bits per heavy atom. The smallest absolute Gasteiger partial charge is 0.150 e. The molecule has 2 aromatic carbocycles. The van der Waals surface area contributed by atoms with Crippen molar-refractivity contribution >= 4 is 21.6 Å². The molecular weight excluding hydrogens is 273 g/mol. The van der Waals surface area contributed by atoms with Gasteiger partial charge in [0, 0.05) is 10.5 Å². The molecule has 2 nitrogen and oxygen atoms in total. The van der Waals surface area contributed by atoms with Crippen LogP contribution in [0.2, 0.25) is 0 Å². The monoisotopic (exact) mass is 281 g/mol. The molecule has 16 heavy (non-hydrogen) atoms. The third-order valence-corrected chi connectivity index (χ3v) is 2.49. The Hall–Kier alpha value is -1.55. The normalized spacial score (nSPS) is 10.1. The molecule has 0 bridgehead atoms. The molecule has 0 unspecified atom stereocenters. The standard InChI is InChI=1S/C12H9BrFNO/c13-8-2-1-3-10(6-8)16-12-5-4-9(14)7-11(12)15/h1-7H,15H2. The van der Waals surface area contributed by atoms with Crippen LogP contribution in [0.5, 0.6) is 11.5 Å². The summed E-state index contributed by atoms with van der Waals surface area (Å²) in [5.74, 6) is 0.714. The average molecular weight is 282 g/mol. The van der Waals surface area contributed by atoms with Crippen LogP contribution in [0.1, 0.15) is 0 Å². The lowest BCUT2D eigenvalue weighted by Gasteiger charge is -2.08. The third kappa shape index (κ3) is 2.52. The summed E-state index contributed by atoms with van der Waals surface area (Å²) in [6.45, 7) is 0. The van der Waals surface area contributed by atoms with Crippen molar-refractivity contribution in [1.29, 1.82) is 0 Å². The van der Waals surface area contributed by atoms with Crippen LogP contribution in [-0.4, -0.2) is 0 Å². The van der Waals surface area contributed by atoms with Crippen molar-refractivity contribution in [1.82, 2.24) is 0 Å². The number of nitrogen functional groups attached to an aromatic ring is 1. The van der Waals surface area contributed by atoms with Gasteiger partial charge in [0.15, 0.2) is 5.75 Å². The second-order valence-corrected chi connectivity index (χ2v) is 4.16. The van der Waals surface area contributed by atoms with Crippen LogP contribution in [0, 0.1) is 5.82 Å². The number of nitrogens with two attached hydrogens (primary N) is 1. The zero-order chi connectivity index (χ0) is 11.5. The Balaban J connectivity index is 2.27. The first-order chi connectivity index (χ1) is 7.65. The van der Waals surface area contributed by atoms with Crippen molar-refractivity contribution in [3.63, 3.8) is 0 Å². The molecule has 0 amide bonds. The molecule has 0 atom stereocenters. The average Bonchev–Trinajstić information content (AvgIpc) is 2.22. The van der Waals surface area contributed by atoms with Crippen LogP contribution >= 0.6 is 15.9 Å². The minimum atomic E-state index is -0.376. The predicted molar refractivity (Wildman–Crippen MR) is 65.0 cm³/mol. The molecule has 0 aliphatic rings. The van der Waals surface area contributed by atoms with Gasteiger partial charge >= 0.3 is 0 Å². The largest absolute Gasteiger partial charge is 0.455 e. The van der Waals surface area contributed by atoms with Gasteiger partial charge in [-0.3, -0.25) is 0 Å². The first kappa shape index (κ1) is 11.0. The molecular formula is C12H9BrFNO. The van der Waals surface area contributed by atoms with Gasteiger partial charge in [-0.05, 0) is 30.3 Å². The summed E-state index contributed by atoms with van der Waals surface area (Å²) in [5, 5.41) is 0. The first-order valence-electron chi connectivity index (χ1n) is 4.63. The van der Waals surface area contributed by atoms with E-state index in [1.54, 1.807) is 6.07 Å². The highest BCUT2D eigenvalue weighted by Crippen LogP contribution is 2.29. The lowest BCUT2D eigenvalue weighted by Crippen LogP contribution is -1.92. The van der Waals surface area contributed by atoms with Crippen molar-refractivity contribution in [2.24, 2.45) is 0 Å². The van der Waals surface area contributed by atoms with Gasteiger partial charge in [-0.25, -0.2) is 4.39 Å². The maximum absolute atomic E-state index is 12.8. The zero-order valence-corrected chi connectivity index (χ0v) is 9.87. The van der Waals surface area contributed by atoms with E-state index in [2.05, 4.69) is 15.9 Å². The summed E-state index contributed by atoms with van der Waals surface area (Å²) in [7, 11) is 0. The highest BCUT2D eigenvalue weighted by atomic mass is 79.9. The number of anilines is 1. The summed E-state index contributed by atoms with van der Waals surface area (Å²) in [4.78, 5) is 0. The zero-order valence-electron chi connectivity index (χ0n) is 8.28. The van der Waals surface area contributed by atoms with Crippen LogP contribution in [0.4, 0.5) is 10.1 Å². The van der Waals surface area contributed by atoms with Crippen LogP contribution in [-0.2, 0) is 0 Å². The summed E-state index contributed by atoms with van der Waals surface area (Å²) < 4.78 is 19.2. The molecule has 0 saturated carbocycles. The van der Waals surface area contributed by atoms with Gasteiger partial charge in [-0.1, -0.05) is 22.0 Å². The van der Waals surface area contributed by atoms with Crippen LogP contribution in [0.25, 0.3) is 0 Å². The van der Waals surface area contributed by atoms with Crippen LogP contribution in [0.3, 0.4) is 0 Å². The van der Waals surface area contributed by atoms with E-state index in [1.165, 1.54) is 18.2 Å². The van der Waals surface area contributed by atoms with Crippen molar-refractivity contribution < 1.29 is 9.13 Å². The van der Waals surface area contributed by atoms with Crippen LogP contribution in [0.15, 0.2) is 46.9 Å². The number of hydrogen-bond acceptors (Lipinski definition) is 2. The fourth-order valence-electron chi connectivity index (χ4n) is 1.27. The summed E-state index contributed by atoms with van der Waals surface area (Å²) in [6.07, 6.45) is 0. The SMILES string of the molecule is Nc1cc(F)ccc1Oc1cccc(Br)c1. The maximum Gasteiger partial charge on any atom is 0.150 e. The Bertz CT molecular complexity index is 516. The van der Waals surface area contributed by atoms with E-state index in [4.69, 9.17) is 10.5 Å². The maximum atomic E-state index is 12.8. The van der Waals surface area contributed by atoms with E-state index < -0.39 is 0 Å². The molecule has 82 valence electrons. The Kier molecular flexibility index (Phi) is 3.10. The third-order valence-electron chi connectivity index (χ3n) is 2.00. The summed E-state index contributed by atoms with van der Waals surface area (Å²) in [6, 6.07) is 11.4. The fraction of sp³-hybridized carbons (Fsp3) is 0.